The van der Waals surface area contributed by atoms with E-state index in [0.717, 1.165) is 5.56 Å². The van der Waals surface area contributed by atoms with E-state index >= 15 is 0 Å². The molecule has 3 nitrogen and oxygen atoms in total. The van der Waals surface area contributed by atoms with E-state index in [9.17, 15) is 4.39 Å². The molecule has 5 heteroatoms. The highest BCUT2D eigenvalue weighted by molar-refractivity contribution is 9.09. The third-order valence-corrected chi connectivity index (χ3v) is 4.17. The lowest BCUT2D eigenvalue weighted by atomic mass is 10.0. The highest BCUT2D eigenvalue weighted by atomic mass is 79.9. The van der Waals surface area contributed by atoms with Gasteiger partial charge in [-0.2, -0.15) is 0 Å². The van der Waals surface area contributed by atoms with E-state index in [4.69, 9.17) is 14.2 Å². The quantitative estimate of drug-likeness (QED) is 0.747. The minimum atomic E-state index is -0.335. The van der Waals surface area contributed by atoms with Crippen LogP contribution in [-0.4, -0.2) is 21.3 Å². The molecule has 1 unspecified atom stereocenters. The second kappa shape index (κ2) is 6.80. The minimum absolute atomic E-state index is 0.313. The molecule has 2 aromatic carbocycles. The summed E-state index contributed by atoms with van der Waals surface area (Å²) in [5, 5.41) is 0. The maximum atomic E-state index is 14.2. The lowest BCUT2D eigenvalue weighted by Gasteiger charge is -2.15. The molecule has 0 amide bonds. The number of hydrogen-bond acceptors (Lipinski definition) is 3. The van der Waals surface area contributed by atoms with Crippen LogP contribution in [0.2, 0.25) is 0 Å². The predicted octanol–water partition coefficient (Wildman–Crippen LogP) is 4.34. The number of rotatable bonds is 5. The summed E-state index contributed by atoms with van der Waals surface area (Å²) in [6.45, 7) is 0. The number of alkyl halides is 1. The van der Waals surface area contributed by atoms with Gasteiger partial charge in [0.25, 0.3) is 0 Å². The summed E-state index contributed by atoms with van der Waals surface area (Å²) in [7, 11) is 4.67. The summed E-state index contributed by atoms with van der Waals surface area (Å²) >= 11 is 3.53. The van der Waals surface area contributed by atoms with Gasteiger partial charge in [0.05, 0.1) is 26.2 Å². The van der Waals surface area contributed by atoms with Gasteiger partial charge in [-0.3, -0.25) is 0 Å². The molecule has 21 heavy (non-hydrogen) atoms. The molecule has 1 atom stereocenters. The van der Waals surface area contributed by atoms with Crippen LogP contribution in [0.25, 0.3) is 0 Å². The van der Waals surface area contributed by atoms with Gasteiger partial charge in [-0.25, -0.2) is 4.39 Å². The van der Waals surface area contributed by atoms with Crippen molar-refractivity contribution >= 4 is 15.9 Å². The largest absolute Gasteiger partial charge is 0.497 e. The topological polar surface area (TPSA) is 27.7 Å². The molecule has 0 fully saturated rings. The Morgan fingerprint density at radius 3 is 1.90 bits per heavy atom. The Morgan fingerprint density at radius 1 is 0.857 bits per heavy atom. The number of methoxy groups -OCH3 is 3. The lowest BCUT2D eigenvalue weighted by Crippen LogP contribution is -1.99. The molecule has 0 heterocycles. The van der Waals surface area contributed by atoms with Crippen LogP contribution in [0.15, 0.2) is 36.4 Å². The molecule has 2 aromatic rings. The molecule has 0 aromatic heterocycles. The third-order valence-electron chi connectivity index (χ3n) is 3.15. The van der Waals surface area contributed by atoms with E-state index in [1.165, 1.54) is 13.2 Å². The zero-order valence-electron chi connectivity index (χ0n) is 12.0. The van der Waals surface area contributed by atoms with Crippen LogP contribution in [0.5, 0.6) is 17.2 Å². The van der Waals surface area contributed by atoms with Gasteiger partial charge in [-0.15, -0.1) is 0 Å². The van der Waals surface area contributed by atoms with Crippen molar-refractivity contribution in [2.45, 2.75) is 4.83 Å². The van der Waals surface area contributed by atoms with Crippen LogP contribution in [0, 0.1) is 5.82 Å². The molecule has 112 valence electrons. The van der Waals surface area contributed by atoms with Crippen LogP contribution < -0.4 is 14.2 Å². The van der Waals surface area contributed by atoms with Gasteiger partial charge in [-0.1, -0.05) is 22.0 Å². The molecule has 0 saturated heterocycles. The van der Waals surface area contributed by atoms with Crippen molar-refractivity contribution in [1.29, 1.82) is 0 Å². The Kier molecular flexibility index (Phi) is 5.07. The van der Waals surface area contributed by atoms with Gasteiger partial charge in [0.2, 0.25) is 0 Å². The normalized spacial score (nSPS) is 11.9. The zero-order chi connectivity index (χ0) is 15.4. The third kappa shape index (κ3) is 3.47. The average molecular weight is 355 g/mol. The first-order chi connectivity index (χ1) is 10.1. The van der Waals surface area contributed by atoms with Crippen LogP contribution in [-0.2, 0) is 0 Å². The molecule has 0 aliphatic carbocycles. The molecular formula is C16H16BrFO3. The summed E-state index contributed by atoms with van der Waals surface area (Å²) in [6, 6.07) is 10.2. The number of hydrogen-bond donors (Lipinski definition) is 0. The van der Waals surface area contributed by atoms with Gasteiger partial charge in [-0.05, 0) is 23.8 Å². The fourth-order valence-electron chi connectivity index (χ4n) is 2.00. The molecule has 0 aliphatic rings. The summed E-state index contributed by atoms with van der Waals surface area (Å²) in [6.07, 6.45) is 0. The molecule has 0 aliphatic heterocycles. The second-order valence-corrected chi connectivity index (χ2v) is 5.31. The lowest BCUT2D eigenvalue weighted by molar-refractivity contribution is 0.393. The standard InChI is InChI=1S/C16H16BrFO3/c1-19-11-4-5-14(15(18)9-11)16(17)10-6-12(20-2)8-13(7-10)21-3/h4-9,16H,1-3H3. The van der Waals surface area contributed by atoms with Gasteiger partial charge in [0.15, 0.2) is 0 Å². The Bertz CT molecular complexity index is 609. The van der Waals surface area contributed by atoms with E-state index in [1.54, 1.807) is 32.4 Å². The Hall–Kier alpha value is -1.75. The van der Waals surface area contributed by atoms with E-state index < -0.39 is 0 Å². The average Bonchev–Trinajstić information content (AvgIpc) is 2.53. The Labute approximate surface area is 131 Å². The van der Waals surface area contributed by atoms with E-state index in [0.29, 0.717) is 22.8 Å². The van der Waals surface area contributed by atoms with Crippen molar-refractivity contribution in [2.24, 2.45) is 0 Å². The van der Waals surface area contributed by atoms with E-state index in [1.807, 2.05) is 12.1 Å². The molecule has 0 bridgehead atoms. The van der Waals surface area contributed by atoms with Crippen molar-refractivity contribution in [3.05, 3.63) is 53.3 Å². The SMILES string of the molecule is COc1cc(OC)cc(C(Br)c2ccc(OC)cc2F)c1. The van der Waals surface area contributed by atoms with Crippen LogP contribution in [0.1, 0.15) is 16.0 Å². The smallest absolute Gasteiger partial charge is 0.131 e. The second-order valence-electron chi connectivity index (χ2n) is 4.40. The van der Waals surface area contributed by atoms with Crippen LogP contribution in [0.3, 0.4) is 0 Å². The molecular weight excluding hydrogens is 339 g/mol. The van der Waals surface area contributed by atoms with Crippen molar-refractivity contribution in [2.75, 3.05) is 21.3 Å². The van der Waals surface area contributed by atoms with Gasteiger partial charge in [0.1, 0.15) is 23.1 Å². The summed E-state index contributed by atoms with van der Waals surface area (Å²) in [5.41, 5.74) is 1.36. The van der Waals surface area contributed by atoms with Gasteiger partial charge in [0, 0.05) is 17.7 Å². The highest BCUT2D eigenvalue weighted by Crippen LogP contribution is 2.37. The summed E-state index contributed by atoms with van der Waals surface area (Å²) in [5.74, 6) is 1.46. The van der Waals surface area contributed by atoms with Crippen LogP contribution >= 0.6 is 15.9 Å². The van der Waals surface area contributed by atoms with Crippen molar-refractivity contribution < 1.29 is 18.6 Å². The Morgan fingerprint density at radius 2 is 1.43 bits per heavy atom. The zero-order valence-corrected chi connectivity index (χ0v) is 13.6. The van der Waals surface area contributed by atoms with Gasteiger partial charge >= 0.3 is 0 Å². The fraction of sp³-hybridized carbons (Fsp3) is 0.250. The maximum absolute atomic E-state index is 14.2. The maximum Gasteiger partial charge on any atom is 0.131 e. The first-order valence-corrected chi connectivity index (χ1v) is 7.21. The molecule has 0 N–H and O–H groups in total. The van der Waals surface area contributed by atoms with Crippen LogP contribution in [0.4, 0.5) is 4.39 Å². The fourth-order valence-corrected chi connectivity index (χ4v) is 2.63. The predicted molar refractivity (Wildman–Crippen MR) is 83.3 cm³/mol. The number of ether oxygens (including phenoxy) is 3. The van der Waals surface area contributed by atoms with E-state index in [2.05, 4.69) is 15.9 Å². The van der Waals surface area contributed by atoms with Crippen molar-refractivity contribution in [3.8, 4) is 17.2 Å². The molecule has 0 spiro atoms. The molecule has 0 saturated carbocycles. The van der Waals surface area contributed by atoms with Crippen molar-refractivity contribution in [3.63, 3.8) is 0 Å². The van der Waals surface area contributed by atoms with E-state index in [-0.39, 0.29) is 10.6 Å². The Balaban J connectivity index is 2.41. The summed E-state index contributed by atoms with van der Waals surface area (Å²) < 4.78 is 29.6. The minimum Gasteiger partial charge on any atom is -0.497 e. The number of halogens is 2. The molecule has 2 rings (SSSR count). The highest BCUT2D eigenvalue weighted by Gasteiger charge is 2.17. The monoisotopic (exact) mass is 354 g/mol. The summed E-state index contributed by atoms with van der Waals surface area (Å²) in [4.78, 5) is -0.313. The number of benzene rings is 2. The van der Waals surface area contributed by atoms with Crippen molar-refractivity contribution in [1.82, 2.24) is 0 Å². The first kappa shape index (κ1) is 15.6. The first-order valence-electron chi connectivity index (χ1n) is 6.29. The molecule has 0 radical (unpaired) electrons. The van der Waals surface area contributed by atoms with Gasteiger partial charge < -0.3 is 14.2 Å².